The second kappa shape index (κ2) is 3.66. The highest BCUT2D eigenvalue weighted by molar-refractivity contribution is 6.22. The molecule has 0 bridgehead atoms. The smallest absolute Gasteiger partial charge is 0.335 e. The Labute approximate surface area is 109 Å². The molecule has 98 valence electrons. The van der Waals surface area contributed by atoms with Crippen molar-refractivity contribution < 1.29 is 19.5 Å². The van der Waals surface area contributed by atoms with Gasteiger partial charge in [-0.25, -0.2) is 4.79 Å². The van der Waals surface area contributed by atoms with Crippen LogP contribution in [0.1, 0.15) is 57.3 Å². The quantitative estimate of drug-likeness (QED) is 0.823. The summed E-state index contributed by atoms with van der Waals surface area (Å²) in [4.78, 5) is 36.8. The Morgan fingerprint density at radius 2 is 1.84 bits per heavy atom. The third kappa shape index (κ3) is 1.51. The van der Waals surface area contributed by atoms with E-state index in [0.29, 0.717) is 5.56 Å². The summed E-state index contributed by atoms with van der Waals surface area (Å²) in [5, 5.41) is 8.94. The van der Waals surface area contributed by atoms with Gasteiger partial charge in [-0.05, 0) is 44.4 Å². The predicted molar refractivity (Wildman–Crippen MR) is 66.2 cm³/mol. The Balaban J connectivity index is 2.07. The maximum absolute atomic E-state index is 12.3. The normalized spacial score (nSPS) is 20.2. The molecule has 5 heteroatoms. The molecule has 0 radical (unpaired) electrons. The van der Waals surface area contributed by atoms with Gasteiger partial charge in [0, 0.05) is 5.54 Å². The Bertz CT molecular complexity index is 616. The zero-order valence-corrected chi connectivity index (χ0v) is 10.5. The number of carbonyl (C=O) groups is 3. The summed E-state index contributed by atoms with van der Waals surface area (Å²) >= 11 is 0. The molecule has 2 aliphatic rings. The number of hydrogen-bond donors (Lipinski definition) is 1. The summed E-state index contributed by atoms with van der Waals surface area (Å²) in [5.74, 6) is -1.78. The van der Waals surface area contributed by atoms with Gasteiger partial charge in [-0.1, -0.05) is 0 Å². The third-order valence-electron chi connectivity index (χ3n) is 4.10. The van der Waals surface area contributed by atoms with Gasteiger partial charge in [0.15, 0.2) is 0 Å². The first-order valence-corrected chi connectivity index (χ1v) is 6.20. The van der Waals surface area contributed by atoms with E-state index in [9.17, 15) is 14.4 Å². The molecule has 5 nitrogen and oxygen atoms in total. The average Bonchev–Trinajstić information content (AvgIpc) is 2.59. The molecule has 1 saturated carbocycles. The van der Waals surface area contributed by atoms with Crippen molar-refractivity contribution in [3.8, 4) is 0 Å². The van der Waals surface area contributed by atoms with Crippen molar-refractivity contribution in [2.24, 2.45) is 0 Å². The molecule has 0 saturated heterocycles. The summed E-state index contributed by atoms with van der Waals surface area (Å²) in [6.45, 7) is 1.90. The van der Waals surface area contributed by atoms with Gasteiger partial charge in [0.1, 0.15) is 0 Å². The number of aromatic carboxylic acids is 1. The van der Waals surface area contributed by atoms with Crippen molar-refractivity contribution in [1.82, 2.24) is 4.90 Å². The lowest BCUT2D eigenvalue weighted by Crippen LogP contribution is -2.54. The van der Waals surface area contributed by atoms with Gasteiger partial charge in [-0.2, -0.15) is 0 Å². The molecule has 0 spiro atoms. The van der Waals surface area contributed by atoms with E-state index >= 15 is 0 Å². The highest BCUT2D eigenvalue weighted by atomic mass is 16.4. The molecular weight excluding hydrogens is 246 g/mol. The van der Waals surface area contributed by atoms with Crippen molar-refractivity contribution in [2.45, 2.75) is 31.7 Å². The molecule has 1 aromatic rings. The molecule has 19 heavy (non-hydrogen) atoms. The second-order valence-corrected chi connectivity index (χ2v) is 5.36. The SMILES string of the molecule is CC1(N2C(=O)c3ccc(C(=O)O)cc3C2=O)CCC1. The van der Waals surface area contributed by atoms with Crippen LogP contribution in [0.2, 0.25) is 0 Å². The summed E-state index contributed by atoms with van der Waals surface area (Å²) in [6, 6.07) is 4.08. The summed E-state index contributed by atoms with van der Waals surface area (Å²) in [7, 11) is 0. The standard InChI is InChI=1S/C14H13NO4/c1-14(5-2-6-14)15-11(16)9-4-3-8(13(18)19)7-10(9)12(15)17/h3-4,7H,2,5-6H2,1H3,(H,18,19). The first-order chi connectivity index (χ1) is 8.94. The molecule has 1 aromatic carbocycles. The van der Waals surface area contributed by atoms with Crippen molar-refractivity contribution in [3.05, 3.63) is 34.9 Å². The number of carboxylic acids is 1. The second-order valence-electron chi connectivity index (χ2n) is 5.36. The van der Waals surface area contributed by atoms with Gasteiger partial charge in [-0.15, -0.1) is 0 Å². The maximum atomic E-state index is 12.3. The molecule has 3 rings (SSSR count). The predicted octanol–water partition coefficient (Wildman–Crippen LogP) is 1.92. The molecule has 0 aromatic heterocycles. The fourth-order valence-electron chi connectivity index (χ4n) is 2.78. The van der Waals surface area contributed by atoms with E-state index in [1.54, 1.807) is 0 Å². The highest BCUT2D eigenvalue weighted by Crippen LogP contribution is 2.41. The number of imide groups is 1. The Morgan fingerprint density at radius 1 is 1.21 bits per heavy atom. The first kappa shape index (κ1) is 11.9. The molecule has 1 aliphatic heterocycles. The lowest BCUT2D eigenvalue weighted by Gasteiger charge is -2.44. The Morgan fingerprint density at radius 3 is 2.37 bits per heavy atom. The van der Waals surface area contributed by atoms with Gasteiger partial charge < -0.3 is 5.11 Å². The molecule has 1 fully saturated rings. The minimum Gasteiger partial charge on any atom is -0.478 e. The maximum Gasteiger partial charge on any atom is 0.335 e. The van der Waals surface area contributed by atoms with Crippen LogP contribution < -0.4 is 0 Å². The van der Waals surface area contributed by atoms with Gasteiger partial charge in [-0.3, -0.25) is 14.5 Å². The van der Waals surface area contributed by atoms with E-state index in [4.69, 9.17) is 5.11 Å². The van der Waals surface area contributed by atoms with Gasteiger partial charge in [0.2, 0.25) is 0 Å². The zero-order valence-electron chi connectivity index (χ0n) is 10.5. The van der Waals surface area contributed by atoms with Crippen LogP contribution in [0, 0.1) is 0 Å². The lowest BCUT2D eigenvalue weighted by molar-refractivity contribution is 0.0264. The topological polar surface area (TPSA) is 74.7 Å². The van der Waals surface area contributed by atoms with Crippen LogP contribution >= 0.6 is 0 Å². The molecule has 2 amide bonds. The number of benzene rings is 1. The van der Waals surface area contributed by atoms with Crippen LogP contribution in [0.3, 0.4) is 0 Å². The fraction of sp³-hybridized carbons (Fsp3) is 0.357. The minimum absolute atomic E-state index is 0.0283. The molecule has 0 atom stereocenters. The monoisotopic (exact) mass is 259 g/mol. The summed E-state index contributed by atoms with van der Waals surface area (Å²) in [6.07, 6.45) is 2.62. The van der Waals surface area contributed by atoms with Crippen LogP contribution in [-0.2, 0) is 0 Å². The number of carboxylic acid groups (broad SMARTS) is 1. The van der Waals surface area contributed by atoms with E-state index in [0.717, 1.165) is 19.3 Å². The number of nitrogens with zero attached hydrogens (tertiary/aromatic N) is 1. The minimum atomic E-state index is -1.10. The number of rotatable bonds is 2. The van der Waals surface area contributed by atoms with Crippen LogP contribution in [0.15, 0.2) is 18.2 Å². The van der Waals surface area contributed by atoms with Crippen molar-refractivity contribution in [3.63, 3.8) is 0 Å². The van der Waals surface area contributed by atoms with Gasteiger partial charge >= 0.3 is 5.97 Å². The number of amides is 2. The molecule has 1 aliphatic carbocycles. The van der Waals surface area contributed by atoms with E-state index in [1.807, 2.05) is 6.92 Å². The summed E-state index contributed by atoms with van der Waals surface area (Å²) in [5.41, 5.74) is 0.137. The van der Waals surface area contributed by atoms with Crippen LogP contribution in [-0.4, -0.2) is 33.3 Å². The Hall–Kier alpha value is -2.17. The Kier molecular flexibility index (Phi) is 2.29. The van der Waals surface area contributed by atoms with E-state index in [-0.39, 0.29) is 22.9 Å². The van der Waals surface area contributed by atoms with Crippen molar-refractivity contribution in [1.29, 1.82) is 0 Å². The van der Waals surface area contributed by atoms with E-state index in [1.165, 1.54) is 23.1 Å². The van der Waals surface area contributed by atoms with Crippen LogP contribution in [0.5, 0.6) is 0 Å². The fourth-order valence-corrected chi connectivity index (χ4v) is 2.78. The third-order valence-corrected chi connectivity index (χ3v) is 4.10. The van der Waals surface area contributed by atoms with Gasteiger partial charge in [0.25, 0.3) is 11.8 Å². The number of fused-ring (bicyclic) bond motifs is 1. The lowest BCUT2D eigenvalue weighted by atomic mass is 9.77. The molecule has 1 heterocycles. The van der Waals surface area contributed by atoms with Crippen LogP contribution in [0.4, 0.5) is 0 Å². The van der Waals surface area contributed by atoms with Crippen LogP contribution in [0.25, 0.3) is 0 Å². The zero-order chi connectivity index (χ0) is 13.8. The molecule has 1 N–H and O–H groups in total. The summed E-state index contributed by atoms with van der Waals surface area (Å²) < 4.78 is 0. The van der Waals surface area contributed by atoms with Gasteiger partial charge in [0.05, 0.1) is 16.7 Å². The number of carbonyl (C=O) groups excluding carboxylic acids is 2. The largest absolute Gasteiger partial charge is 0.478 e. The average molecular weight is 259 g/mol. The molecular formula is C14H13NO4. The van der Waals surface area contributed by atoms with Crippen molar-refractivity contribution >= 4 is 17.8 Å². The van der Waals surface area contributed by atoms with E-state index in [2.05, 4.69) is 0 Å². The highest BCUT2D eigenvalue weighted by Gasteiger charge is 2.49. The van der Waals surface area contributed by atoms with E-state index < -0.39 is 11.5 Å². The molecule has 0 unspecified atom stereocenters. The van der Waals surface area contributed by atoms with Crippen molar-refractivity contribution in [2.75, 3.05) is 0 Å². The first-order valence-electron chi connectivity index (χ1n) is 6.20. The number of hydrogen-bond acceptors (Lipinski definition) is 3.